The maximum atomic E-state index is 13.0. The van der Waals surface area contributed by atoms with Crippen LogP contribution in [0, 0.1) is 5.82 Å². The van der Waals surface area contributed by atoms with Gasteiger partial charge in [-0.3, -0.25) is 0 Å². The molecule has 1 aromatic rings. The predicted molar refractivity (Wildman–Crippen MR) is 60.8 cm³/mol. The summed E-state index contributed by atoms with van der Waals surface area (Å²) in [6.45, 7) is 0.440. The molecule has 0 radical (unpaired) electrons. The van der Waals surface area contributed by atoms with Crippen LogP contribution in [0.25, 0.3) is 0 Å². The first-order valence-corrected chi connectivity index (χ1v) is 5.31. The zero-order valence-electron chi connectivity index (χ0n) is 9.12. The first-order chi connectivity index (χ1) is 8.15. The van der Waals surface area contributed by atoms with Crippen molar-refractivity contribution < 1.29 is 13.6 Å². The van der Waals surface area contributed by atoms with Crippen molar-refractivity contribution in [3.8, 4) is 0 Å². The number of halogens is 2. The minimum absolute atomic E-state index is 0.0266. The van der Waals surface area contributed by atoms with E-state index in [0.29, 0.717) is 18.7 Å². The lowest BCUT2D eigenvalue weighted by molar-refractivity contribution is 0.210. The summed E-state index contributed by atoms with van der Waals surface area (Å²) in [7, 11) is 0. The zero-order chi connectivity index (χ0) is 12.3. The maximum absolute atomic E-state index is 13.0. The minimum atomic E-state index is -0.424. The molecule has 0 aromatic heterocycles. The Morgan fingerprint density at radius 1 is 1.35 bits per heavy atom. The van der Waals surface area contributed by atoms with Crippen LogP contribution in [0.2, 0.25) is 0 Å². The summed E-state index contributed by atoms with van der Waals surface area (Å²) in [4.78, 5) is 13.1. The molecular weight excluding hydrogens is 226 g/mol. The quantitative estimate of drug-likeness (QED) is 0.801. The number of nitrogens with one attached hydrogen (secondary N) is 1. The van der Waals surface area contributed by atoms with Crippen molar-refractivity contribution in [1.29, 1.82) is 0 Å². The van der Waals surface area contributed by atoms with Crippen LogP contribution in [-0.4, -0.2) is 24.0 Å². The molecule has 1 N–H and O–H groups in total. The van der Waals surface area contributed by atoms with Gasteiger partial charge < -0.3 is 10.2 Å². The molecule has 1 aliphatic rings. The van der Waals surface area contributed by atoms with Crippen LogP contribution in [-0.2, 0) is 0 Å². The van der Waals surface area contributed by atoms with E-state index in [-0.39, 0.29) is 12.4 Å². The third-order valence-corrected chi connectivity index (χ3v) is 2.47. The van der Waals surface area contributed by atoms with Gasteiger partial charge in [0.15, 0.2) is 0 Å². The number of hydrogen-bond acceptors (Lipinski definition) is 1. The van der Waals surface area contributed by atoms with Crippen molar-refractivity contribution in [2.45, 2.75) is 6.42 Å². The van der Waals surface area contributed by atoms with Gasteiger partial charge in [0.1, 0.15) is 11.6 Å². The number of amides is 2. The zero-order valence-corrected chi connectivity index (χ0v) is 9.12. The van der Waals surface area contributed by atoms with Gasteiger partial charge >= 0.3 is 6.03 Å². The average Bonchev–Trinajstić information content (AvgIpc) is 2.29. The monoisotopic (exact) mass is 238 g/mol. The second-order valence-electron chi connectivity index (χ2n) is 3.80. The molecule has 0 saturated heterocycles. The van der Waals surface area contributed by atoms with Crippen LogP contribution in [0.15, 0.2) is 36.2 Å². The molecule has 0 spiro atoms. The number of carbonyl (C=O) groups is 1. The number of urea groups is 1. The minimum Gasteiger partial charge on any atom is -0.318 e. The summed E-state index contributed by atoms with van der Waals surface area (Å²) in [5.74, 6) is -0.738. The second-order valence-corrected chi connectivity index (χ2v) is 3.80. The summed E-state index contributed by atoms with van der Waals surface area (Å²) in [6, 6.07) is 5.17. The first-order valence-electron chi connectivity index (χ1n) is 5.31. The molecule has 0 unspecified atom stereocenters. The molecule has 0 fully saturated rings. The Labute approximate surface area is 97.7 Å². The summed E-state index contributed by atoms with van der Waals surface area (Å²) >= 11 is 0. The Kier molecular flexibility index (Phi) is 3.37. The molecule has 0 saturated carbocycles. The van der Waals surface area contributed by atoms with Crippen LogP contribution < -0.4 is 5.32 Å². The van der Waals surface area contributed by atoms with Gasteiger partial charge in [0.2, 0.25) is 0 Å². The summed E-state index contributed by atoms with van der Waals surface area (Å²) < 4.78 is 25.9. The van der Waals surface area contributed by atoms with Crippen LogP contribution in [0.1, 0.15) is 6.42 Å². The topological polar surface area (TPSA) is 32.3 Å². The first kappa shape index (κ1) is 11.6. The smallest absolute Gasteiger partial charge is 0.318 e. The Morgan fingerprint density at radius 3 is 2.88 bits per heavy atom. The molecule has 0 bridgehead atoms. The highest BCUT2D eigenvalue weighted by atomic mass is 19.1. The maximum Gasteiger partial charge on any atom is 0.322 e. The molecule has 5 heteroatoms. The average molecular weight is 238 g/mol. The van der Waals surface area contributed by atoms with Gasteiger partial charge in [-0.05, 0) is 30.7 Å². The second kappa shape index (κ2) is 4.95. The van der Waals surface area contributed by atoms with Crippen molar-refractivity contribution in [3.63, 3.8) is 0 Å². The fraction of sp³-hybridized carbons (Fsp3) is 0.250. The third-order valence-electron chi connectivity index (χ3n) is 2.47. The number of nitrogens with zero attached hydrogens (tertiary/aromatic N) is 1. The summed E-state index contributed by atoms with van der Waals surface area (Å²) in [5.41, 5.74) is 0.366. The van der Waals surface area contributed by atoms with Crippen molar-refractivity contribution in [3.05, 3.63) is 42.0 Å². The molecule has 2 rings (SSSR count). The van der Waals surface area contributed by atoms with Gasteiger partial charge in [0, 0.05) is 12.2 Å². The van der Waals surface area contributed by atoms with Crippen LogP contribution >= 0.6 is 0 Å². The molecular formula is C12H12F2N2O. The number of rotatable bonds is 1. The highest BCUT2D eigenvalue weighted by Crippen LogP contribution is 2.14. The van der Waals surface area contributed by atoms with Gasteiger partial charge in [0.05, 0.1) is 6.54 Å². The van der Waals surface area contributed by atoms with Crippen LogP contribution in [0.4, 0.5) is 19.3 Å². The molecule has 0 atom stereocenters. The van der Waals surface area contributed by atoms with Crippen molar-refractivity contribution in [2.75, 3.05) is 18.4 Å². The largest absolute Gasteiger partial charge is 0.322 e. The van der Waals surface area contributed by atoms with E-state index in [9.17, 15) is 13.6 Å². The van der Waals surface area contributed by atoms with E-state index in [1.165, 1.54) is 29.2 Å². The van der Waals surface area contributed by atoms with E-state index in [2.05, 4.69) is 5.32 Å². The normalized spacial score (nSPS) is 15.4. The van der Waals surface area contributed by atoms with Crippen LogP contribution in [0.3, 0.4) is 0 Å². The standard InChI is InChI=1S/C12H12F2N2O/c13-9-3-1-5-11(7-9)15-12(17)16-6-2-4-10(14)8-16/h1,3-5,7H,2,6,8H2,(H,15,17). The fourth-order valence-corrected chi connectivity index (χ4v) is 1.65. The van der Waals surface area contributed by atoms with E-state index < -0.39 is 11.8 Å². The number of benzene rings is 1. The van der Waals surface area contributed by atoms with E-state index in [1.807, 2.05) is 0 Å². The Balaban J connectivity index is 2.00. The van der Waals surface area contributed by atoms with E-state index in [1.54, 1.807) is 6.07 Å². The van der Waals surface area contributed by atoms with Crippen molar-refractivity contribution >= 4 is 11.7 Å². The molecule has 1 aliphatic heterocycles. The lowest BCUT2D eigenvalue weighted by Gasteiger charge is -2.24. The number of hydrogen-bond donors (Lipinski definition) is 1. The van der Waals surface area contributed by atoms with Gasteiger partial charge in [-0.1, -0.05) is 6.07 Å². The molecule has 1 heterocycles. The van der Waals surface area contributed by atoms with Crippen molar-refractivity contribution in [2.24, 2.45) is 0 Å². The Bertz CT molecular complexity index is 460. The fourth-order valence-electron chi connectivity index (χ4n) is 1.65. The number of anilines is 1. The number of carbonyl (C=O) groups excluding carboxylic acids is 1. The summed E-state index contributed by atoms with van der Waals surface area (Å²) in [5, 5.41) is 2.53. The molecule has 0 aliphatic carbocycles. The molecule has 2 amide bonds. The molecule has 90 valence electrons. The van der Waals surface area contributed by atoms with Gasteiger partial charge in [-0.2, -0.15) is 0 Å². The highest BCUT2D eigenvalue weighted by molar-refractivity contribution is 5.89. The van der Waals surface area contributed by atoms with Crippen LogP contribution in [0.5, 0.6) is 0 Å². The van der Waals surface area contributed by atoms with E-state index in [0.717, 1.165) is 0 Å². The van der Waals surface area contributed by atoms with Gasteiger partial charge in [-0.25, -0.2) is 13.6 Å². The molecule has 17 heavy (non-hydrogen) atoms. The highest BCUT2D eigenvalue weighted by Gasteiger charge is 2.18. The SMILES string of the molecule is O=C(Nc1cccc(F)c1)N1CCC=C(F)C1. The molecule has 1 aromatic carbocycles. The Hall–Kier alpha value is -1.91. The van der Waals surface area contributed by atoms with Gasteiger partial charge in [0.25, 0.3) is 0 Å². The van der Waals surface area contributed by atoms with E-state index >= 15 is 0 Å². The van der Waals surface area contributed by atoms with E-state index in [4.69, 9.17) is 0 Å². The van der Waals surface area contributed by atoms with Gasteiger partial charge in [-0.15, -0.1) is 0 Å². The molecule has 3 nitrogen and oxygen atoms in total. The predicted octanol–water partition coefficient (Wildman–Crippen LogP) is 2.92. The lowest BCUT2D eigenvalue weighted by atomic mass is 10.2. The third kappa shape index (κ3) is 3.03. The van der Waals surface area contributed by atoms with Crippen molar-refractivity contribution in [1.82, 2.24) is 4.90 Å². The summed E-state index contributed by atoms with van der Waals surface area (Å²) in [6.07, 6.45) is 1.97. The Morgan fingerprint density at radius 2 is 2.18 bits per heavy atom. The lowest BCUT2D eigenvalue weighted by Crippen LogP contribution is -2.38.